The van der Waals surface area contributed by atoms with Gasteiger partial charge in [0.1, 0.15) is 17.3 Å². The third kappa shape index (κ3) is 4.50. The number of carbonyl (C=O) groups excluding carboxylic acids is 1. The van der Waals surface area contributed by atoms with E-state index in [2.05, 4.69) is 33.9 Å². The number of rotatable bonds is 6. The van der Waals surface area contributed by atoms with Gasteiger partial charge in [0.2, 0.25) is 0 Å². The molecule has 2 fully saturated rings. The van der Waals surface area contributed by atoms with Gasteiger partial charge in [-0.3, -0.25) is 9.48 Å². The summed E-state index contributed by atoms with van der Waals surface area (Å²) in [4.78, 5) is 20.6. The van der Waals surface area contributed by atoms with E-state index >= 15 is 0 Å². The van der Waals surface area contributed by atoms with Gasteiger partial charge in [-0.05, 0) is 67.6 Å². The van der Waals surface area contributed by atoms with E-state index in [4.69, 9.17) is 4.98 Å². The van der Waals surface area contributed by atoms with E-state index in [-0.39, 0.29) is 11.7 Å². The van der Waals surface area contributed by atoms with Crippen LogP contribution in [0.3, 0.4) is 0 Å². The SMILES string of the molecule is Cn1nc(-c2cccc(F)c2)c2ccc(C(=O)N3CCC(c4nc5ccccc5n4CCC4CC4)CC3)cc21. The monoisotopic (exact) mass is 521 g/mol. The van der Waals surface area contributed by atoms with Crippen molar-refractivity contribution < 1.29 is 9.18 Å². The lowest BCUT2D eigenvalue weighted by Gasteiger charge is -2.32. The van der Waals surface area contributed by atoms with Gasteiger partial charge in [0.15, 0.2) is 0 Å². The van der Waals surface area contributed by atoms with Crippen LogP contribution in [0.1, 0.15) is 54.2 Å². The van der Waals surface area contributed by atoms with Crippen molar-refractivity contribution in [2.45, 2.75) is 44.6 Å². The predicted octanol–water partition coefficient (Wildman–Crippen LogP) is 6.55. The molecule has 2 aliphatic rings. The summed E-state index contributed by atoms with van der Waals surface area (Å²) in [5, 5.41) is 5.54. The van der Waals surface area contributed by atoms with E-state index in [1.54, 1.807) is 10.7 Å². The molecule has 1 aliphatic carbocycles. The van der Waals surface area contributed by atoms with Crippen LogP contribution < -0.4 is 0 Å². The van der Waals surface area contributed by atoms with E-state index in [1.807, 2.05) is 36.2 Å². The van der Waals surface area contributed by atoms with E-state index in [0.717, 1.165) is 53.0 Å². The summed E-state index contributed by atoms with van der Waals surface area (Å²) in [6.07, 6.45) is 5.77. The number of likely N-dealkylation sites (tertiary alicyclic amines) is 1. The first-order valence-corrected chi connectivity index (χ1v) is 14.0. The van der Waals surface area contributed by atoms with Gasteiger partial charge in [0.05, 0.1) is 16.6 Å². The Kier molecular flexibility index (Phi) is 5.94. The zero-order valence-electron chi connectivity index (χ0n) is 22.2. The first kappa shape index (κ1) is 24.1. The van der Waals surface area contributed by atoms with Crippen LogP contribution in [0.2, 0.25) is 0 Å². The minimum absolute atomic E-state index is 0.0473. The Balaban J connectivity index is 1.09. The first-order valence-electron chi connectivity index (χ1n) is 14.0. The fourth-order valence-corrected chi connectivity index (χ4v) is 6.12. The molecule has 1 aliphatic heterocycles. The molecule has 6 nitrogen and oxygen atoms in total. The molecule has 39 heavy (non-hydrogen) atoms. The molecule has 2 aromatic heterocycles. The summed E-state index contributed by atoms with van der Waals surface area (Å²) >= 11 is 0. The molecule has 0 radical (unpaired) electrons. The molecule has 1 saturated carbocycles. The fraction of sp³-hybridized carbons (Fsp3) is 0.344. The van der Waals surface area contributed by atoms with Crippen LogP contribution in [-0.4, -0.2) is 43.2 Å². The molecule has 198 valence electrons. The van der Waals surface area contributed by atoms with E-state index in [1.165, 1.54) is 42.7 Å². The molecule has 0 bridgehead atoms. The van der Waals surface area contributed by atoms with Crippen LogP contribution in [0.4, 0.5) is 4.39 Å². The minimum Gasteiger partial charge on any atom is -0.339 e. The van der Waals surface area contributed by atoms with Gasteiger partial charge in [-0.2, -0.15) is 5.10 Å². The molecule has 1 saturated heterocycles. The second-order valence-corrected chi connectivity index (χ2v) is 11.1. The number of nitrogens with zero attached hydrogens (tertiary/aromatic N) is 5. The number of imidazole rings is 1. The summed E-state index contributed by atoms with van der Waals surface area (Å²) in [5.41, 5.74) is 5.27. The molecule has 0 spiro atoms. The van der Waals surface area contributed by atoms with E-state index in [0.29, 0.717) is 24.6 Å². The van der Waals surface area contributed by atoms with Crippen molar-refractivity contribution in [1.82, 2.24) is 24.2 Å². The lowest BCUT2D eigenvalue weighted by Crippen LogP contribution is -2.38. The largest absolute Gasteiger partial charge is 0.339 e. The molecule has 5 aromatic rings. The lowest BCUT2D eigenvalue weighted by molar-refractivity contribution is 0.0710. The number of fused-ring (bicyclic) bond motifs is 2. The highest BCUT2D eigenvalue weighted by molar-refractivity contribution is 6.01. The topological polar surface area (TPSA) is 56.0 Å². The Morgan fingerprint density at radius 1 is 0.949 bits per heavy atom. The normalized spacial score (nSPS) is 16.4. The van der Waals surface area contributed by atoms with Crippen molar-refractivity contribution in [3.05, 3.63) is 83.9 Å². The van der Waals surface area contributed by atoms with E-state index in [9.17, 15) is 9.18 Å². The Labute approximate surface area is 227 Å². The number of hydrogen-bond donors (Lipinski definition) is 0. The molecular formula is C32H32FN5O. The van der Waals surface area contributed by atoms with Gasteiger partial charge >= 0.3 is 0 Å². The maximum atomic E-state index is 13.8. The van der Waals surface area contributed by atoms with Crippen LogP contribution in [0.15, 0.2) is 66.7 Å². The zero-order valence-corrected chi connectivity index (χ0v) is 22.2. The average molecular weight is 522 g/mol. The zero-order chi connectivity index (χ0) is 26.5. The summed E-state index contributed by atoms with van der Waals surface area (Å²) in [5.74, 6) is 2.17. The Morgan fingerprint density at radius 2 is 1.77 bits per heavy atom. The van der Waals surface area contributed by atoms with Crippen molar-refractivity contribution in [3.63, 3.8) is 0 Å². The molecule has 0 N–H and O–H groups in total. The van der Waals surface area contributed by atoms with Gasteiger partial charge in [0.25, 0.3) is 5.91 Å². The highest BCUT2D eigenvalue weighted by Gasteiger charge is 2.29. The fourth-order valence-electron chi connectivity index (χ4n) is 6.12. The molecular weight excluding hydrogens is 489 g/mol. The van der Waals surface area contributed by atoms with Crippen LogP contribution in [0, 0.1) is 11.7 Å². The lowest BCUT2D eigenvalue weighted by atomic mass is 9.95. The number of amides is 1. The van der Waals surface area contributed by atoms with Crippen LogP contribution >= 0.6 is 0 Å². The summed E-state index contributed by atoms with van der Waals surface area (Å²) in [6.45, 7) is 2.46. The summed E-state index contributed by atoms with van der Waals surface area (Å²) < 4.78 is 18.0. The van der Waals surface area contributed by atoms with Crippen LogP contribution in [0.25, 0.3) is 33.2 Å². The summed E-state index contributed by atoms with van der Waals surface area (Å²) in [7, 11) is 1.86. The van der Waals surface area contributed by atoms with Crippen molar-refractivity contribution in [1.29, 1.82) is 0 Å². The highest BCUT2D eigenvalue weighted by atomic mass is 19.1. The van der Waals surface area contributed by atoms with E-state index < -0.39 is 0 Å². The number of para-hydroxylation sites is 2. The average Bonchev–Trinajstić information content (AvgIpc) is 3.64. The van der Waals surface area contributed by atoms with Crippen molar-refractivity contribution in [2.75, 3.05) is 13.1 Å². The van der Waals surface area contributed by atoms with Crippen molar-refractivity contribution in [2.24, 2.45) is 13.0 Å². The number of carbonyl (C=O) groups is 1. The minimum atomic E-state index is -0.292. The smallest absolute Gasteiger partial charge is 0.253 e. The Hall–Kier alpha value is -4.00. The van der Waals surface area contributed by atoms with Crippen LogP contribution in [-0.2, 0) is 13.6 Å². The van der Waals surface area contributed by atoms with Gasteiger partial charge < -0.3 is 9.47 Å². The molecule has 1 amide bonds. The maximum absolute atomic E-state index is 13.8. The van der Waals surface area contributed by atoms with Gasteiger partial charge in [0, 0.05) is 49.1 Å². The summed E-state index contributed by atoms with van der Waals surface area (Å²) in [6, 6.07) is 20.6. The Bertz CT molecular complexity index is 1690. The second kappa shape index (κ2) is 9.63. The van der Waals surface area contributed by atoms with Crippen LogP contribution in [0.5, 0.6) is 0 Å². The number of benzene rings is 3. The first-order chi connectivity index (χ1) is 19.0. The molecule has 7 heteroatoms. The predicted molar refractivity (Wildman–Crippen MR) is 151 cm³/mol. The third-order valence-electron chi connectivity index (χ3n) is 8.49. The number of halogens is 1. The maximum Gasteiger partial charge on any atom is 0.253 e. The Morgan fingerprint density at radius 3 is 2.56 bits per heavy atom. The number of aryl methyl sites for hydroxylation is 2. The van der Waals surface area contributed by atoms with Crippen molar-refractivity contribution in [3.8, 4) is 11.3 Å². The quantitative estimate of drug-likeness (QED) is 0.255. The second-order valence-electron chi connectivity index (χ2n) is 11.1. The standard InChI is InChI=1S/C32H32FN5O/c1-36-29-20-24(11-12-26(29)30(35-36)23-5-4-6-25(33)19-23)32(39)37-16-14-22(15-17-37)31-34-27-7-2-3-8-28(27)38(31)18-13-21-9-10-21/h2-8,11-12,19-22H,9-10,13-18H2,1H3. The van der Waals surface area contributed by atoms with Gasteiger partial charge in [-0.25, -0.2) is 9.37 Å². The number of aromatic nitrogens is 4. The molecule has 3 aromatic carbocycles. The van der Waals surface area contributed by atoms with Gasteiger partial charge in [-0.15, -0.1) is 0 Å². The number of piperidine rings is 1. The van der Waals surface area contributed by atoms with Gasteiger partial charge in [-0.1, -0.05) is 37.1 Å². The molecule has 0 unspecified atom stereocenters. The highest BCUT2D eigenvalue weighted by Crippen LogP contribution is 2.36. The molecule has 7 rings (SSSR count). The third-order valence-corrected chi connectivity index (χ3v) is 8.49. The van der Waals surface area contributed by atoms with Crippen molar-refractivity contribution >= 4 is 27.8 Å². The number of hydrogen-bond acceptors (Lipinski definition) is 3. The molecule has 0 atom stereocenters. The molecule has 3 heterocycles.